The molecule has 1 aromatic heterocycles. The first-order valence-electron chi connectivity index (χ1n) is 9.15. The molecule has 0 saturated carbocycles. The zero-order chi connectivity index (χ0) is 17.1. The first kappa shape index (κ1) is 16.3. The molecule has 6 nitrogen and oxygen atoms in total. The Kier molecular flexibility index (Phi) is 4.81. The first-order valence-corrected chi connectivity index (χ1v) is 9.15. The van der Waals surface area contributed by atoms with E-state index in [9.17, 15) is 0 Å². The fourth-order valence-corrected chi connectivity index (χ4v) is 3.82. The second kappa shape index (κ2) is 7.37. The van der Waals surface area contributed by atoms with Gasteiger partial charge in [0.1, 0.15) is 5.82 Å². The molecule has 4 rings (SSSR count). The third-order valence-electron chi connectivity index (χ3n) is 5.05. The van der Waals surface area contributed by atoms with Crippen LogP contribution in [0.1, 0.15) is 30.0 Å². The lowest BCUT2D eigenvalue weighted by atomic mass is 9.91. The van der Waals surface area contributed by atoms with Crippen LogP contribution >= 0.6 is 0 Å². The minimum Gasteiger partial charge on any atom is -0.395 e. The minimum atomic E-state index is 0.0749. The number of aliphatic hydroxyl groups is 1. The van der Waals surface area contributed by atoms with Gasteiger partial charge in [-0.1, -0.05) is 18.2 Å². The van der Waals surface area contributed by atoms with Crippen LogP contribution in [0.15, 0.2) is 30.3 Å². The molecule has 0 spiro atoms. The second-order valence-corrected chi connectivity index (χ2v) is 6.65. The number of hydrogen-bond acceptors (Lipinski definition) is 6. The molecule has 132 valence electrons. The summed E-state index contributed by atoms with van der Waals surface area (Å²) >= 11 is 0. The molecule has 0 radical (unpaired) electrons. The van der Waals surface area contributed by atoms with Crippen molar-refractivity contribution in [1.82, 2.24) is 15.3 Å². The molecule has 2 aliphatic rings. The zero-order valence-electron chi connectivity index (χ0n) is 14.4. The zero-order valence-corrected chi connectivity index (χ0v) is 14.4. The summed E-state index contributed by atoms with van der Waals surface area (Å²) in [6.07, 6.45) is 3.23. The van der Waals surface area contributed by atoms with Gasteiger partial charge in [0.15, 0.2) is 0 Å². The molecule has 2 aromatic rings. The van der Waals surface area contributed by atoms with Crippen LogP contribution in [0.2, 0.25) is 0 Å². The highest BCUT2D eigenvalue weighted by molar-refractivity contribution is 5.68. The molecule has 0 bridgehead atoms. The van der Waals surface area contributed by atoms with Gasteiger partial charge in [-0.05, 0) is 44.5 Å². The van der Waals surface area contributed by atoms with Crippen LogP contribution < -0.4 is 15.5 Å². The van der Waals surface area contributed by atoms with E-state index in [2.05, 4.69) is 39.8 Å². The van der Waals surface area contributed by atoms with Gasteiger partial charge in [0, 0.05) is 30.3 Å². The molecule has 1 aromatic carbocycles. The van der Waals surface area contributed by atoms with Crippen molar-refractivity contribution in [2.45, 2.75) is 25.2 Å². The first-order chi connectivity index (χ1) is 12.4. The number of aliphatic hydroxyl groups excluding tert-OH is 1. The predicted molar refractivity (Wildman–Crippen MR) is 99.6 cm³/mol. The Hall–Kier alpha value is -2.18. The molecular formula is C19H25N5O. The van der Waals surface area contributed by atoms with Crippen LogP contribution in [-0.2, 0) is 6.42 Å². The highest BCUT2D eigenvalue weighted by atomic mass is 16.3. The molecule has 3 N–H and O–H groups in total. The Labute approximate surface area is 148 Å². The third kappa shape index (κ3) is 3.32. The molecule has 1 fully saturated rings. The summed E-state index contributed by atoms with van der Waals surface area (Å²) in [6.45, 7) is 3.58. The molecular weight excluding hydrogens is 314 g/mol. The summed E-state index contributed by atoms with van der Waals surface area (Å²) in [5.41, 5.74) is 3.67. The van der Waals surface area contributed by atoms with Gasteiger partial charge in [-0.25, -0.2) is 4.98 Å². The number of fused-ring (bicyclic) bond motifs is 1. The molecule has 25 heavy (non-hydrogen) atoms. The normalized spacial score (nSPS) is 17.6. The minimum absolute atomic E-state index is 0.0749. The molecule has 0 amide bonds. The molecule has 0 aliphatic carbocycles. The lowest BCUT2D eigenvalue weighted by Crippen LogP contribution is -2.28. The number of aromatic nitrogens is 2. The number of benzene rings is 1. The second-order valence-electron chi connectivity index (χ2n) is 6.65. The van der Waals surface area contributed by atoms with Crippen molar-refractivity contribution in [2.24, 2.45) is 0 Å². The van der Waals surface area contributed by atoms with Gasteiger partial charge < -0.3 is 20.6 Å². The largest absolute Gasteiger partial charge is 0.395 e. The standard InChI is InChI=1S/C19H25N5O/c25-13-11-21-19-22-17(14-6-9-20-10-7-14)16-8-12-24(18(16)23-19)15-4-2-1-3-5-15/h1-5,14,20,25H,6-13H2,(H,21,22,23). The monoisotopic (exact) mass is 339 g/mol. The number of nitrogens with one attached hydrogen (secondary N) is 2. The van der Waals surface area contributed by atoms with Crippen molar-refractivity contribution < 1.29 is 5.11 Å². The van der Waals surface area contributed by atoms with E-state index in [-0.39, 0.29) is 6.61 Å². The lowest BCUT2D eigenvalue weighted by molar-refractivity contribution is 0.310. The van der Waals surface area contributed by atoms with Gasteiger partial charge >= 0.3 is 0 Å². The summed E-state index contributed by atoms with van der Waals surface area (Å²) in [5, 5.41) is 15.7. The number of anilines is 3. The average molecular weight is 339 g/mol. The van der Waals surface area contributed by atoms with Gasteiger partial charge in [0.2, 0.25) is 5.95 Å². The SMILES string of the molecule is OCCNc1nc(C2CCNCC2)c2c(n1)N(c1ccccc1)CC2. The van der Waals surface area contributed by atoms with E-state index >= 15 is 0 Å². The van der Waals surface area contributed by atoms with Crippen LogP contribution in [0, 0.1) is 0 Å². The van der Waals surface area contributed by atoms with Crippen LogP contribution in [0.25, 0.3) is 0 Å². The fourth-order valence-electron chi connectivity index (χ4n) is 3.82. The molecule has 6 heteroatoms. The van der Waals surface area contributed by atoms with Gasteiger partial charge in [-0.15, -0.1) is 0 Å². The summed E-state index contributed by atoms with van der Waals surface area (Å²) in [6, 6.07) is 10.4. The number of piperidine rings is 1. The highest BCUT2D eigenvalue weighted by Crippen LogP contribution is 2.39. The summed E-state index contributed by atoms with van der Waals surface area (Å²) in [7, 11) is 0. The lowest BCUT2D eigenvalue weighted by Gasteiger charge is -2.25. The molecule has 3 heterocycles. The molecule has 0 unspecified atom stereocenters. The van der Waals surface area contributed by atoms with E-state index in [0.717, 1.165) is 44.7 Å². The maximum Gasteiger partial charge on any atom is 0.224 e. The van der Waals surface area contributed by atoms with Crippen LogP contribution in [0.3, 0.4) is 0 Å². The smallest absolute Gasteiger partial charge is 0.224 e. The summed E-state index contributed by atoms with van der Waals surface area (Å²) < 4.78 is 0. The fraction of sp³-hybridized carbons (Fsp3) is 0.474. The van der Waals surface area contributed by atoms with Crippen molar-refractivity contribution in [2.75, 3.05) is 43.0 Å². The average Bonchev–Trinajstić information content (AvgIpc) is 3.11. The van der Waals surface area contributed by atoms with E-state index in [0.29, 0.717) is 18.4 Å². The number of para-hydroxylation sites is 1. The van der Waals surface area contributed by atoms with Crippen LogP contribution in [-0.4, -0.2) is 47.9 Å². The van der Waals surface area contributed by atoms with E-state index < -0.39 is 0 Å². The maximum absolute atomic E-state index is 9.13. The van der Waals surface area contributed by atoms with Gasteiger partial charge in [-0.2, -0.15) is 4.98 Å². The highest BCUT2D eigenvalue weighted by Gasteiger charge is 2.30. The molecule has 1 saturated heterocycles. The predicted octanol–water partition coefficient (Wildman–Crippen LogP) is 2.04. The van der Waals surface area contributed by atoms with Crippen LogP contribution in [0.4, 0.5) is 17.5 Å². The molecule has 2 aliphatic heterocycles. The van der Waals surface area contributed by atoms with E-state index in [1.54, 1.807) is 0 Å². The van der Waals surface area contributed by atoms with Crippen molar-refractivity contribution in [3.8, 4) is 0 Å². The van der Waals surface area contributed by atoms with Crippen molar-refractivity contribution >= 4 is 17.5 Å². The number of hydrogen-bond donors (Lipinski definition) is 3. The van der Waals surface area contributed by atoms with Crippen molar-refractivity contribution in [3.63, 3.8) is 0 Å². The Morgan fingerprint density at radius 3 is 2.72 bits per heavy atom. The van der Waals surface area contributed by atoms with Gasteiger partial charge in [0.25, 0.3) is 0 Å². The Balaban J connectivity index is 1.73. The van der Waals surface area contributed by atoms with E-state index in [1.165, 1.54) is 16.9 Å². The molecule has 0 atom stereocenters. The van der Waals surface area contributed by atoms with E-state index in [1.807, 2.05) is 6.07 Å². The van der Waals surface area contributed by atoms with Crippen molar-refractivity contribution in [3.05, 3.63) is 41.6 Å². The quantitative estimate of drug-likeness (QED) is 0.774. The summed E-state index contributed by atoms with van der Waals surface area (Å²) in [5.74, 6) is 2.14. The van der Waals surface area contributed by atoms with Gasteiger partial charge in [-0.3, -0.25) is 0 Å². The number of nitrogens with zero attached hydrogens (tertiary/aromatic N) is 3. The Bertz CT molecular complexity index is 715. The van der Waals surface area contributed by atoms with Crippen LogP contribution in [0.5, 0.6) is 0 Å². The Morgan fingerprint density at radius 1 is 1.16 bits per heavy atom. The summed E-state index contributed by atoms with van der Waals surface area (Å²) in [4.78, 5) is 11.9. The maximum atomic E-state index is 9.13. The van der Waals surface area contributed by atoms with Crippen molar-refractivity contribution in [1.29, 1.82) is 0 Å². The van der Waals surface area contributed by atoms with E-state index in [4.69, 9.17) is 15.1 Å². The van der Waals surface area contributed by atoms with Gasteiger partial charge in [0.05, 0.1) is 12.3 Å². The Morgan fingerprint density at radius 2 is 1.96 bits per heavy atom. The third-order valence-corrected chi connectivity index (χ3v) is 5.05. The number of rotatable bonds is 5. The topological polar surface area (TPSA) is 73.3 Å².